The molecule has 0 saturated carbocycles. The van der Waals surface area contributed by atoms with Crippen molar-refractivity contribution in [3.05, 3.63) is 94.5 Å². The van der Waals surface area contributed by atoms with Crippen LogP contribution in [-0.4, -0.2) is 20.8 Å². The number of nitrogens with zero attached hydrogens (tertiary/aromatic N) is 3. The van der Waals surface area contributed by atoms with Gasteiger partial charge in [-0.3, -0.25) is 9.78 Å². The third-order valence-electron chi connectivity index (χ3n) is 3.98. The average Bonchev–Trinajstić information content (AvgIpc) is 2.64. The highest BCUT2D eigenvalue weighted by Crippen LogP contribution is 2.16. The lowest BCUT2D eigenvalue weighted by Gasteiger charge is -2.24. The van der Waals surface area contributed by atoms with Crippen LogP contribution in [0.15, 0.2) is 67.1 Å². The van der Waals surface area contributed by atoms with Gasteiger partial charge in [0.15, 0.2) is 0 Å². The predicted molar refractivity (Wildman–Crippen MR) is 98.2 cm³/mol. The van der Waals surface area contributed by atoms with Gasteiger partial charge in [0.05, 0.1) is 5.56 Å². The van der Waals surface area contributed by atoms with Gasteiger partial charge in [0.25, 0.3) is 5.91 Å². The summed E-state index contributed by atoms with van der Waals surface area (Å²) >= 11 is 5.83. The molecule has 2 aromatic heterocycles. The molecule has 0 aliphatic carbocycles. The molecule has 4 nitrogen and oxygen atoms in total. The molecule has 0 fully saturated rings. The number of benzene rings is 1. The van der Waals surface area contributed by atoms with Crippen LogP contribution in [0.5, 0.6) is 0 Å². The molecule has 1 amide bonds. The number of halogens is 1. The Morgan fingerprint density at radius 2 is 1.88 bits per heavy atom. The standard InChI is InChI=1S/C20H18ClN3O/c1-15-5-2-3-7-18(15)14-24(13-16-6-4-10-22-11-16)20(25)17-8-9-19(21)23-12-17/h2-12H,13-14H2,1H3. The predicted octanol–water partition coefficient (Wildman–Crippen LogP) is 4.28. The second-order valence-corrected chi connectivity index (χ2v) is 6.21. The van der Waals surface area contributed by atoms with Crippen LogP contribution >= 0.6 is 11.6 Å². The maximum absolute atomic E-state index is 13.0. The SMILES string of the molecule is Cc1ccccc1CN(Cc1cccnc1)C(=O)c1ccc(Cl)nc1. The van der Waals surface area contributed by atoms with Gasteiger partial charge in [-0.25, -0.2) is 4.98 Å². The normalized spacial score (nSPS) is 10.5. The zero-order valence-electron chi connectivity index (χ0n) is 13.9. The number of aryl methyl sites for hydroxylation is 1. The Balaban J connectivity index is 1.89. The smallest absolute Gasteiger partial charge is 0.256 e. The summed E-state index contributed by atoms with van der Waals surface area (Å²) in [7, 11) is 0. The molecule has 1 aromatic carbocycles. The number of amides is 1. The van der Waals surface area contributed by atoms with Gasteiger partial charge in [0.2, 0.25) is 0 Å². The first-order valence-corrected chi connectivity index (χ1v) is 8.35. The van der Waals surface area contributed by atoms with Crippen LogP contribution in [0, 0.1) is 6.92 Å². The number of pyridine rings is 2. The van der Waals surface area contributed by atoms with E-state index in [4.69, 9.17) is 11.6 Å². The lowest BCUT2D eigenvalue weighted by atomic mass is 10.1. The monoisotopic (exact) mass is 351 g/mol. The Labute approximate surface area is 152 Å². The lowest BCUT2D eigenvalue weighted by molar-refractivity contribution is 0.0729. The molecular formula is C20H18ClN3O. The molecular weight excluding hydrogens is 334 g/mol. The molecule has 0 N–H and O–H groups in total. The van der Waals surface area contributed by atoms with E-state index in [1.165, 1.54) is 6.20 Å². The second-order valence-electron chi connectivity index (χ2n) is 5.82. The molecule has 5 heteroatoms. The van der Waals surface area contributed by atoms with Crippen molar-refractivity contribution < 1.29 is 4.79 Å². The molecule has 25 heavy (non-hydrogen) atoms. The summed E-state index contributed by atoms with van der Waals surface area (Å²) in [6.45, 7) is 3.04. The zero-order valence-corrected chi connectivity index (χ0v) is 14.6. The number of hydrogen-bond acceptors (Lipinski definition) is 3. The Hall–Kier alpha value is -2.72. The fourth-order valence-electron chi connectivity index (χ4n) is 2.59. The van der Waals surface area contributed by atoms with E-state index >= 15 is 0 Å². The van der Waals surface area contributed by atoms with Crippen molar-refractivity contribution in [3.8, 4) is 0 Å². The first-order valence-electron chi connectivity index (χ1n) is 7.98. The van der Waals surface area contributed by atoms with Crippen molar-refractivity contribution in [2.45, 2.75) is 20.0 Å². The Morgan fingerprint density at radius 3 is 2.56 bits per heavy atom. The average molecular weight is 352 g/mol. The van der Waals surface area contributed by atoms with E-state index in [2.05, 4.69) is 9.97 Å². The summed E-state index contributed by atoms with van der Waals surface area (Å²) in [6, 6.07) is 15.2. The summed E-state index contributed by atoms with van der Waals surface area (Å²) in [5.41, 5.74) is 3.76. The van der Waals surface area contributed by atoms with Crippen molar-refractivity contribution in [1.82, 2.24) is 14.9 Å². The summed E-state index contributed by atoms with van der Waals surface area (Å²) < 4.78 is 0. The van der Waals surface area contributed by atoms with Crippen molar-refractivity contribution in [3.63, 3.8) is 0 Å². The van der Waals surface area contributed by atoms with Gasteiger partial charge < -0.3 is 4.90 Å². The van der Waals surface area contributed by atoms with Crippen LogP contribution in [0.25, 0.3) is 0 Å². The third-order valence-corrected chi connectivity index (χ3v) is 4.20. The molecule has 0 aliphatic rings. The fourth-order valence-corrected chi connectivity index (χ4v) is 2.70. The van der Waals surface area contributed by atoms with Gasteiger partial charge in [0.1, 0.15) is 5.15 Å². The van der Waals surface area contributed by atoms with Gasteiger partial charge in [0, 0.05) is 31.7 Å². The van der Waals surface area contributed by atoms with Crippen LogP contribution < -0.4 is 0 Å². The zero-order chi connectivity index (χ0) is 17.6. The van der Waals surface area contributed by atoms with Crippen LogP contribution in [0.4, 0.5) is 0 Å². The molecule has 3 aromatic rings. The minimum absolute atomic E-state index is 0.0868. The van der Waals surface area contributed by atoms with Gasteiger partial charge in [-0.2, -0.15) is 0 Å². The van der Waals surface area contributed by atoms with E-state index in [-0.39, 0.29) is 5.91 Å². The van der Waals surface area contributed by atoms with E-state index in [0.29, 0.717) is 23.8 Å². The van der Waals surface area contributed by atoms with Gasteiger partial charge in [-0.1, -0.05) is 41.9 Å². The number of hydrogen-bond donors (Lipinski definition) is 0. The number of carbonyl (C=O) groups excluding carboxylic acids is 1. The highest BCUT2D eigenvalue weighted by atomic mass is 35.5. The fraction of sp³-hybridized carbons (Fsp3) is 0.150. The van der Waals surface area contributed by atoms with Crippen LogP contribution in [0.1, 0.15) is 27.0 Å². The molecule has 3 rings (SSSR count). The third kappa shape index (κ3) is 4.43. The van der Waals surface area contributed by atoms with E-state index in [0.717, 1.165) is 16.7 Å². The molecule has 0 radical (unpaired) electrons. The summed E-state index contributed by atoms with van der Waals surface area (Å²) in [5.74, 6) is -0.0868. The van der Waals surface area contributed by atoms with Crippen molar-refractivity contribution in [1.29, 1.82) is 0 Å². The topological polar surface area (TPSA) is 46.1 Å². The summed E-state index contributed by atoms with van der Waals surface area (Å²) in [6.07, 6.45) is 5.01. The second kappa shape index (κ2) is 7.90. The molecule has 0 unspecified atom stereocenters. The lowest BCUT2D eigenvalue weighted by Crippen LogP contribution is -2.30. The van der Waals surface area contributed by atoms with E-state index < -0.39 is 0 Å². The molecule has 0 saturated heterocycles. The number of carbonyl (C=O) groups is 1. The Kier molecular flexibility index (Phi) is 5.41. The molecule has 126 valence electrons. The van der Waals surface area contributed by atoms with Gasteiger partial charge >= 0.3 is 0 Å². The highest BCUT2D eigenvalue weighted by Gasteiger charge is 2.18. The van der Waals surface area contributed by atoms with E-state index in [1.807, 2.05) is 43.3 Å². The van der Waals surface area contributed by atoms with Crippen LogP contribution in [-0.2, 0) is 13.1 Å². The van der Waals surface area contributed by atoms with Crippen LogP contribution in [0.3, 0.4) is 0 Å². The maximum Gasteiger partial charge on any atom is 0.256 e. The van der Waals surface area contributed by atoms with Crippen molar-refractivity contribution in [2.24, 2.45) is 0 Å². The molecule has 0 bridgehead atoms. The minimum Gasteiger partial charge on any atom is -0.330 e. The molecule has 0 aliphatic heterocycles. The largest absolute Gasteiger partial charge is 0.330 e. The molecule has 0 spiro atoms. The molecule has 2 heterocycles. The van der Waals surface area contributed by atoms with Crippen LogP contribution in [0.2, 0.25) is 5.15 Å². The quantitative estimate of drug-likeness (QED) is 0.644. The highest BCUT2D eigenvalue weighted by molar-refractivity contribution is 6.29. The maximum atomic E-state index is 13.0. The number of aromatic nitrogens is 2. The summed E-state index contributed by atoms with van der Waals surface area (Å²) in [5, 5.41) is 0.370. The first kappa shape index (κ1) is 17.1. The number of rotatable bonds is 5. The molecule has 0 atom stereocenters. The van der Waals surface area contributed by atoms with E-state index in [1.54, 1.807) is 29.4 Å². The first-order chi connectivity index (χ1) is 12.1. The van der Waals surface area contributed by atoms with Gasteiger partial charge in [-0.15, -0.1) is 0 Å². The Morgan fingerprint density at radius 1 is 1.04 bits per heavy atom. The Bertz CT molecular complexity index is 850. The van der Waals surface area contributed by atoms with Gasteiger partial charge in [-0.05, 0) is 41.8 Å². The van der Waals surface area contributed by atoms with Crippen molar-refractivity contribution in [2.75, 3.05) is 0 Å². The summed E-state index contributed by atoms with van der Waals surface area (Å²) in [4.78, 5) is 23.0. The van der Waals surface area contributed by atoms with Crippen molar-refractivity contribution >= 4 is 17.5 Å². The minimum atomic E-state index is -0.0868. The van der Waals surface area contributed by atoms with E-state index in [9.17, 15) is 4.79 Å².